The van der Waals surface area contributed by atoms with Gasteiger partial charge in [-0.2, -0.15) is 0 Å². The van der Waals surface area contributed by atoms with Crippen molar-refractivity contribution in [1.29, 1.82) is 0 Å². The van der Waals surface area contributed by atoms with Crippen LogP contribution in [0.5, 0.6) is 0 Å². The van der Waals surface area contributed by atoms with Crippen LogP contribution in [0.3, 0.4) is 0 Å². The van der Waals surface area contributed by atoms with E-state index >= 15 is 0 Å². The van der Waals surface area contributed by atoms with Gasteiger partial charge in [-0.1, -0.05) is 6.42 Å². The van der Waals surface area contributed by atoms with Crippen LogP contribution in [0.4, 0.5) is 0 Å². The van der Waals surface area contributed by atoms with E-state index in [4.69, 9.17) is 5.73 Å². The average molecular weight is 197 g/mol. The van der Waals surface area contributed by atoms with E-state index in [0.29, 0.717) is 0 Å². The van der Waals surface area contributed by atoms with Gasteiger partial charge in [0.2, 0.25) is 0 Å². The Morgan fingerprint density at radius 2 is 1.93 bits per heavy atom. The van der Waals surface area contributed by atoms with E-state index in [1.807, 2.05) is 19.3 Å². The Bertz CT molecular complexity index is 313. The molecule has 0 amide bonds. The highest BCUT2D eigenvalue weighted by Gasteiger charge is 1.99. The monoisotopic (exact) mass is 197 g/mol. The lowest BCUT2D eigenvalue weighted by Gasteiger charge is -2.00. The fourth-order valence-electron chi connectivity index (χ4n) is 1.47. The lowest BCUT2D eigenvalue weighted by Crippen LogP contribution is -2.23. The van der Waals surface area contributed by atoms with Gasteiger partial charge in [-0.05, 0) is 26.3 Å². The number of hydrogen-bond acceptors (Lipinski definition) is 2. The minimum absolute atomic E-state index is 0.0975. The Labute approximate surface area is 84.3 Å². The minimum Gasteiger partial charge on any atom is -0.330 e. The number of nitrogens with zero attached hydrogens (tertiary/aromatic N) is 2. The second kappa shape index (κ2) is 5.65. The summed E-state index contributed by atoms with van der Waals surface area (Å²) in [5, 5.41) is 0. The summed E-state index contributed by atoms with van der Waals surface area (Å²) in [5.41, 5.74) is 5.49. The van der Waals surface area contributed by atoms with Crippen molar-refractivity contribution in [3.63, 3.8) is 0 Å². The van der Waals surface area contributed by atoms with Gasteiger partial charge in [0.25, 0.3) is 0 Å². The smallest absolute Gasteiger partial charge is 0.328 e. The molecule has 4 heteroatoms. The Morgan fingerprint density at radius 1 is 1.21 bits per heavy atom. The van der Waals surface area contributed by atoms with Crippen molar-refractivity contribution in [2.45, 2.75) is 39.3 Å². The van der Waals surface area contributed by atoms with Crippen LogP contribution in [0.15, 0.2) is 17.2 Å². The number of aromatic nitrogens is 2. The van der Waals surface area contributed by atoms with E-state index in [0.717, 1.165) is 38.9 Å². The van der Waals surface area contributed by atoms with Crippen molar-refractivity contribution in [2.75, 3.05) is 6.54 Å². The van der Waals surface area contributed by atoms with Crippen LogP contribution in [0.2, 0.25) is 0 Å². The minimum atomic E-state index is 0.0975. The van der Waals surface area contributed by atoms with Crippen molar-refractivity contribution in [3.05, 3.63) is 22.9 Å². The Hall–Kier alpha value is -1.03. The SMILES string of the molecule is CCn1ccn(CCCCCN)c1=O. The molecule has 0 atom stereocenters. The van der Waals surface area contributed by atoms with Crippen LogP contribution in [0.1, 0.15) is 26.2 Å². The molecular formula is C10H19N3O. The van der Waals surface area contributed by atoms with Gasteiger partial charge < -0.3 is 5.73 Å². The van der Waals surface area contributed by atoms with Crippen LogP contribution < -0.4 is 11.4 Å². The molecule has 1 aromatic heterocycles. The summed E-state index contributed by atoms with van der Waals surface area (Å²) in [7, 11) is 0. The molecule has 0 fully saturated rings. The van der Waals surface area contributed by atoms with Crippen LogP contribution in [-0.2, 0) is 13.1 Å². The molecule has 0 aliphatic heterocycles. The van der Waals surface area contributed by atoms with E-state index in [2.05, 4.69) is 0 Å². The maximum absolute atomic E-state index is 11.6. The number of aryl methyl sites for hydroxylation is 2. The first-order valence-electron chi connectivity index (χ1n) is 5.25. The summed E-state index contributed by atoms with van der Waals surface area (Å²) in [4.78, 5) is 11.6. The molecule has 0 saturated carbocycles. The van der Waals surface area contributed by atoms with Crippen molar-refractivity contribution < 1.29 is 0 Å². The van der Waals surface area contributed by atoms with Crippen molar-refractivity contribution in [2.24, 2.45) is 5.73 Å². The summed E-state index contributed by atoms with van der Waals surface area (Å²) in [5.74, 6) is 0. The molecule has 4 nitrogen and oxygen atoms in total. The van der Waals surface area contributed by atoms with Crippen LogP contribution >= 0.6 is 0 Å². The second-order valence-corrected chi connectivity index (χ2v) is 3.41. The van der Waals surface area contributed by atoms with Crippen LogP contribution in [-0.4, -0.2) is 15.7 Å². The fraction of sp³-hybridized carbons (Fsp3) is 0.700. The zero-order valence-electron chi connectivity index (χ0n) is 8.78. The fourth-order valence-corrected chi connectivity index (χ4v) is 1.47. The summed E-state index contributed by atoms with van der Waals surface area (Å²) in [6, 6.07) is 0. The molecule has 14 heavy (non-hydrogen) atoms. The predicted octanol–water partition coefficient (Wildman–Crippen LogP) is 0.799. The van der Waals surface area contributed by atoms with Crippen molar-refractivity contribution >= 4 is 0 Å². The van der Waals surface area contributed by atoms with E-state index in [1.54, 1.807) is 9.13 Å². The van der Waals surface area contributed by atoms with E-state index in [-0.39, 0.29) is 5.69 Å². The van der Waals surface area contributed by atoms with Gasteiger partial charge in [0.1, 0.15) is 0 Å². The standard InChI is InChI=1S/C10H19N3O/c1-2-12-8-9-13(10(12)14)7-5-3-4-6-11/h8-9H,2-7,11H2,1H3. The number of rotatable bonds is 6. The van der Waals surface area contributed by atoms with Crippen LogP contribution in [0.25, 0.3) is 0 Å². The van der Waals surface area contributed by atoms with Gasteiger partial charge in [0.15, 0.2) is 0 Å². The summed E-state index contributed by atoms with van der Waals surface area (Å²) in [6.45, 7) is 4.27. The molecule has 1 rings (SSSR count). The van der Waals surface area contributed by atoms with Crippen molar-refractivity contribution in [1.82, 2.24) is 9.13 Å². The van der Waals surface area contributed by atoms with Gasteiger partial charge in [0.05, 0.1) is 0 Å². The predicted molar refractivity (Wildman–Crippen MR) is 57.3 cm³/mol. The first-order chi connectivity index (χ1) is 6.79. The molecule has 80 valence electrons. The Morgan fingerprint density at radius 3 is 2.50 bits per heavy atom. The second-order valence-electron chi connectivity index (χ2n) is 3.41. The molecule has 1 aromatic rings. The lowest BCUT2D eigenvalue weighted by molar-refractivity contribution is 0.564. The van der Waals surface area contributed by atoms with Crippen LogP contribution in [0, 0.1) is 0 Å². The molecule has 0 saturated heterocycles. The zero-order chi connectivity index (χ0) is 10.4. The van der Waals surface area contributed by atoms with E-state index in [1.165, 1.54) is 0 Å². The number of hydrogen-bond donors (Lipinski definition) is 1. The van der Waals surface area contributed by atoms with Gasteiger partial charge in [-0.15, -0.1) is 0 Å². The zero-order valence-corrected chi connectivity index (χ0v) is 8.78. The molecule has 1 heterocycles. The van der Waals surface area contributed by atoms with E-state index in [9.17, 15) is 4.79 Å². The molecule has 0 radical (unpaired) electrons. The third-order valence-electron chi connectivity index (χ3n) is 2.36. The average Bonchev–Trinajstić information content (AvgIpc) is 2.55. The summed E-state index contributed by atoms with van der Waals surface area (Å²) >= 11 is 0. The Balaban J connectivity index is 2.43. The van der Waals surface area contributed by atoms with E-state index < -0.39 is 0 Å². The topological polar surface area (TPSA) is 52.9 Å². The summed E-state index contributed by atoms with van der Waals surface area (Å²) in [6.07, 6.45) is 6.87. The van der Waals surface area contributed by atoms with Gasteiger partial charge >= 0.3 is 5.69 Å². The molecular weight excluding hydrogens is 178 g/mol. The number of unbranched alkanes of at least 4 members (excludes halogenated alkanes) is 2. The largest absolute Gasteiger partial charge is 0.330 e. The molecule has 0 bridgehead atoms. The molecule has 0 aliphatic carbocycles. The lowest BCUT2D eigenvalue weighted by atomic mass is 10.2. The highest BCUT2D eigenvalue weighted by Crippen LogP contribution is 1.96. The van der Waals surface area contributed by atoms with Gasteiger partial charge in [-0.3, -0.25) is 9.13 Å². The molecule has 0 unspecified atom stereocenters. The van der Waals surface area contributed by atoms with Crippen molar-refractivity contribution in [3.8, 4) is 0 Å². The number of nitrogens with two attached hydrogens (primary N) is 1. The Kier molecular flexibility index (Phi) is 4.46. The first kappa shape index (κ1) is 11.0. The molecule has 2 N–H and O–H groups in total. The quantitative estimate of drug-likeness (QED) is 0.686. The first-order valence-corrected chi connectivity index (χ1v) is 5.25. The molecule has 0 aliphatic rings. The van der Waals surface area contributed by atoms with Gasteiger partial charge in [0, 0.05) is 25.5 Å². The maximum atomic E-state index is 11.6. The summed E-state index contributed by atoms with van der Waals surface area (Å²) < 4.78 is 3.48. The third kappa shape index (κ3) is 2.73. The highest BCUT2D eigenvalue weighted by atomic mass is 16.1. The third-order valence-corrected chi connectivity index (χ3v) is 2.36. The normalized spacial score (nSPS) is 10.7. The van der Waals surface area contributed by atoms with Gasteiger partial charge in [-0.25, -0.2) is 4.79 Å². The molecule has 0 aromatic carbocycles. The molecule has 0 spiro atoms. The maximum Gasteiger partial charge on any atom is 0.328 e. The number of imidazole rings is 1. The highest BCUT2D eigenvalue weighted by molar-refractivity contribution is 4.80.